The lowest BCUT2D eigenvalue weighted by atomic mass is 10.1. The molecule has 0 fully saturated rings. The van der Waals surface area contributed by atoms with Crippen molar-refractivity contribution in [2.45, 2.75) is 11.4 Å². The number of hydrogen-bond acceptors (Lipinski definition) is 5. The molecule has 178 valence electrons. The monoisotopic (exact) mass is 510 g/mol. The summed E-state index contributed by atoms with van der Waals surface area (Å²) < 4.78 is 24.7. The summed E-state index contributed by atoms with van der Waals surface area (Å²) >= 11 is 6.15. The molecule has 0 aliphatic heterocycles. The largest absolute Gasteiger partial charge is 0.477 e. The molecule has 0 aliphatic carbocycles. The second kappa shape index (κ2) is 9.36. The minimum Gasteiger partial charge on any atom is -0.477 e. The zero-order chi connectivity index (χ0) is 25.3. The molecule has 0 atom stereocenters. The fourth-order valence-electron chi connectivity index (χ4n) is 3.77. The van der Waals surface area contributed by atoms with E-state index in [4.69, 9.17) is 11.6 Å². The molecule has 0 saturated heterocycles. The van der Waals surface area contributed by atoms with Crippen LogP contribution in [0.3, 0.4) is 0 Å². The summed E-state index contributed by atoms with van der Waals surface area (Å²) in [6.45, 7) is -0.363. The van der Waals surface area contributed by atoms with E-state index in [-0.39, 0.29) is 33.6 Å². The van der Waals surface area contributed by atoms with Crippen molar-refractivity contribution in [3.05, 3.63) is 105 Å². The number of nitrogens with zero attached hydrogens (tertiary/aromatic N) is 1. The van der Waals surface area contributed by atoms with E-state index in [1.807, 2.05) is 0 Å². The van der Waals surface area contributed by atoms with E-state index in [2.05, 4.69) is 5.32 Å². The van der Waals surface area contributed by atoms with Gasteiger partial charge in [-0.25, -0.2) is 13.2 Å². The number of carboxylic acids is 1. The van der Waals surface area contributed by atoms with E-state index in [1.165, 1.54) is 47.0 Å². The van der Waals surface area contributed by atoms with Crippen LogP contribution in [0.2, 0.25) is 5.02 Å². The normalized spacial score (nSPS) is 11.4. The Hall–Kier alpha value is -3.95. The number of pyridine rings is 1. The molecule has 4 aromatic rings. The number of nitrogens with one attached hydrogen (secondary N) is 1. The van der Waals surface area contributed by atoms with Gasteiger partial charge in [0.05, 0.1) is 16.0 Å². The number of para-hydroxylation sites is 1. The van der Waals surface area contributed by atoms with Crippen LogP contribution in [-0.2, 0) is 16.4 Å². The molecule has 10 heteroatoms. The number of halogens is 1. The molecule has 0 radical (unpaired) electrons. The van der Waals surface area contributed by atoms with E-state index >= 15 is 0 Å². The fraction of sp³-hybridized carbons (Fsp3) is 0.0800. The lowest BCUT2D eigenvalue weighted by Gasteiger charge is -2.19. The number of benzene rings is 3. The number of hydrogen-bond donors (Lipinski definition) is 2. The molecule has 0 saturated carbocycles. The predicted octanol–water partition coefficient (Wildman–Crippen LogP) is 3.68. The SMILES string of the molecule is CS(=O)(=O)c1ccc(C(=O)NCc2c(C(=O)O)n(-c3ccccc3)c3cc(Cl)ccc3c2=O)cc1. The summed E-state index contributed by atoms with van der Waals surface area (Å²) in [6.07, 6.45) is 1.06. The van der Waals surface area contributed by atoms with Gasteiger partial charge >= 0.3 is 5.97 Å². The lowest BCUT2D eigenvalue weighted by Crippen LogP contribution is -2.30. The standard InChI is InChI=1S/C25H19ClN2O6S/c1-35(33,34)18-10-7-15(8-11-18)24(30)27-14-20-22(25(31)32)28(17-5-3-2-4-6-17)21-13-16(26)9-12-19(21)23(20)29/h2-13H,14H2,1H3,(H,27,30)(H,31,32). The maximum Gasteiger partial charge on any atom is 0.353 e. The van der Waals surface area contributed by atoms with Gasteiger partial charge in [0.2, 0.25) is 0 Å². The van der Waals surface area contributed by atoms with Crippen LogP contribution in [0, 0.1) is 0 Å². The van der Waals surface area contributed by atoms with Crippen molar-refractivity contribution in [1.29, 1.82) is 0 Å². The second-order valence-electron chi connectivity index (χ2n) is 7.77. The van der Waals surface area contributed by atoms with Crippen molar-refractivity contribution in [3.63, 3.8) is 0 Å². The summed E-state index contributed by atoms with van der Waals surface area (Å²) in [5.41, 5.74) is 0.0128. The highest BCUT2D eigenvalue weighted by Crippen LogP contribution is 2.25. The van der Waals surface area contributed by atoms with Crippen LogP contribution >= 0.6 is 11.6 Å². The highest BCUT2D eigenvalue weighted by molar-refractivity contribution is 7.90. The van der Waals surface area contributed by atoms with Crippen molar-refractivity contribution in [1.82, 2.24) is 9.88 Å². The van der Waals surface area contributed by atoms with Gasteiger partial charge in [-0.2, -0.15) is 0 Å². The Morgan fingerprint density at radius 3 is 2.26 bits per heavy atom. The minimum absolute atomic E-state index is 0.0566. The first-order valence-corrected chi connectivity index (χ1v) is 12.6. The van der Waals surface area contributed by atoms with Crippen LogP contribution in [0.5, 0.6) is 0 Å². The molecule has 1 heterocycles. The van der Waals surface area contributed by atoms with Gasteiger partial charge < -0.3 is 15.0 Å². The smallest absolute Gasteiger partial charge is 0.353 e. The third-order valence-corrected chi connectivity index (χ3v) is 6.78. The van der Waals surface area contributed by atoms with Gasteiger partial charge in [0.25, 0.3) is 5.91 Å². The average Bonchev–Trinajstić information content (AvgIpc) is 2.82. The minimum atomic E-state index is -3.43. The van der Waals surface area contributed by atoms with Crippen molar-refractivity contribution in [2.24, 2.45) is 0 Å². The topological polar surface area (TPSA) is 123 Å². The molecular weight excluding hydrogens is 492 g/mol. The highest BCUT2D eigenvalue weighted by Gasteiger charge is 2.24. The summed E-state index contributed by atoms with van der Waals surface area (Å²) in [7, 11) is -3.43. The average molecular weight is 511 g/mol. The van der Waals surface area contributed by atoms with Gasteiger partial charge in [0.1, 0.15) is 5.69 Å². The van der Waals surface area contributed by atoms with E-state index in [0.717, 1.165) is 6.26 Å². The van der Waals surface area contributed by atoms with Gasteiger partial charge in [-0.1, -0.05) is 29.8 Å². The van der Waals surface area contributed by atoms with E-state index in [9.17, 15) is 27.9 Å². The number of aromatic carboxylic acids is 1. The van der Waals surface area contributed by atoms with Crippen LogP contribution in [0.25, 0.3) is 16.6 Å². The van der Waals surface area contributed by atoms with Crippen LogP contribution < -0.4 is 10.7 Å². The number of amides is 1. The van der Waals surface area contributed by atoms with E-state index in [0.29, 0.717) is 16.2 Å². The Morgan fingerprint density at radius 2 is 1.66 bits per heavy atom. The quantitative estimate of drug-likeness (QED) is 0.408. The molecule has 0 unspecified atom stereocenters. The number of sulfone groups is 1. The number of aromatic nitrogens is 1. The number of rotatable bonds is 6. The van der Waals surface area contributed by atoms with Crippen molar-refractivity contribution >= 4 is 44.2 Å². The molecule has 0 aliphatic rings. The number of fused-ring (bicyclic) bond motifs is 1. The van der Waals surface area contributed by atoms with Crippen LogP contribution in [0.15, 0.2) is 82.5 Å². The molecule has 0 bridgehead atoms. The van der Waals surface area contributed by atoms with Crippen LogP contribution in [-0.4, -0.2) is 36.2 Å². The molecule has 1 aromatic heterocycles. The third-order valence-electron chi connectivity index (χ3n) is 5.42. The zero-order valence-electron chi connectivity index (χ0n) is 18.4. The number of carboxylic acid groups (broad SMARTS) is 1. The maximum absolute atomic E-state index is 13.3. The Balaban J connectivity index is 1.82. The maximum atomic E-state index is 13.3. The first-order chi connectivity index (χ1) is 16.6. The number of carbonyl (C=O) groups excluding carboxylic acids is 1. The van der Waals surface area contributed by atoms with Gasteiger partial charge in [-0.15, -0.1) is 0 Å². The summed E-state index contributed by atoms with van der Waals surface area (Å²) in [4.78, 5) is 38.5. The molecule has 1 amide bonds. The molecule has 8 nitrogen and oxygen atoms in total. The van der Waals surface area contributed by atoms with Gasteiger partial charge in [0.15, 0.2) is 15.3 Å². The lowest BCUT2D eigenvalue weighted by molar-refractivity contribution is 0.0685. The van der Waals surface area contributed by atoms with Gasteiger partial charge in [0, 0.05) is 34.5 Å². The molecule has 2 N–H and O–H groups in total. The van der Waals surface area contributed by atoms with Gasteiger partial charge in [-0.05, 0) is 54.6 Å². The number of carbonyl (C=O) groups is 2. The third kappa shape index (κ3) is 4.82. The second-order valence-corrected chi connectivity index (χ2v) is 10.2. The first-order valence-electron chi connectivity index (χ1n) is 10.3. The Kier molecular flexibility index (Phi) is 6.47. The summed E-state index contributed by atoms with van der Waals surface area (Å²) in [5, 5.41) is 13.2. The summed E-state index contributed by atoms with van der Waals surface area (Å²) in [5.74, 6) is -1.95. The molecule has 35 heavy (non-hydrogen) atoms. The van der Waals surface area contributed by atoms with Crippen molar-refractivity contribution in [2.75, 3.05) is 6.26 Å². The highest BCUT2D eigenvalue weighted by atomic mass is 35.5. The van der Waals surface area contributed by atoms with Crippen molar-refractivity contribution < 1.29 is 23.1 Å². The molecule has 0 spiro atoms. The van der Waals surface area contributed by atoms with Gasteiger partial charge in [-0.3, -0.25) is 9.59 Å². The predicted molar refractivity (Wildman–Crippen MR) is 132 cm³/mol. The van der Waals surface area contributed by atoms with E-state index < -0.39 is 27.1 Å². The molecule has 3 aromatic carbocycles. The molecular formula is C25H19ClN2O6S. The Bertz CT molecular complexity index is 1630. The van der Waals surface area contributed by atoms with Crippen molar-refractivity contribution in [3.8, 4) is 5.69 Å². The molecule has 4 rings (SSSR count). The van der Waals surface area contributed by atoms with Crippen LogP contribution in [0.1, 0.15) is 26.4 Å². The fourth-order valence-corrected chi connectivity index (χ4v) is 4.56. The van der Waals surface area contributed by atoms with E-state index in [1.54, 1.807) is 30.3 Å². The summed E-state index contributed by atoms with van der Waals surface area (Å²) in [6, 6.07) is 18.5. The Labute approximate surface area is 205 Å². The first kappa shape index (κ1) is 24.2. The Morgan fingerprint density at radius 1 is 1.00 bits per heavy atom. The van der Waals surface area contributed by atoms with Crippen LogP contribution in [0.4, 0.5) is 0 Å². The zero-order valence-corrected chi connectivity index (χ0v) is 19.9.